The Bertz CT molecular complexity index is 1050. The molecular formula is C32H59N2O7S+. The van der Waals surface area contributed by atoms with Crippen LogP contribution in [0.5, 0.6) is 0 Å². The minimum Gasteiger partial charge on any atom is -0.393 e. The molecule has 8 unspecified atom stereocenters. The molecule has 4 aliphatic carbocycles. The molecule has 0 bridgehead atoms. The fraction of sp³-hybridized carbons (Fsp3) is 0.969. The summed E-state index contributed by atoms with van der Waals surface area (Å²) in [5.74, 6) is 1.52. The number of fused-ring (bicyclic) bond motifs is 5. The lowest BCUT2D eigenvalue weighted by molar-refractivity contribution is -0.890. The van der Waals surface area contributed by atoms with E-state index >= 15 is 0 Å². The Labute approximate surface area is 254 Å². The van der Waals surface area contributed by atoms with E-state index in [2.05, 4.69) is 26.1 Å². The lowest BCUT2D eigenvalue weighted by Crippen LogP contribution is -2.62. The van der Waals surface area contributed by atoms with E-state index in [1.165, 1.54) is 0 Å². The van der Waals surface area contributed by atoms with Gasteiger partial charge in [-0.3, -0.25) is 9.35 Å². The first kappa shape index (κ1) is 34.1. The number of nitrogens with zero attached hydrogens (tertiary/aromatic N) is 1. The van der Waals surface area contributed by atoms with Crippen LogP contribution >= 0.6 is 0 Å². The van der Waals surface area contributed by atoms with Crippen molar-refractivity contribution in [2.75, 3.05) is 39.5 Å². The lowest BCUT2D eigenvalue weighted by atomic mass is 9.43. The molecule has 0 aromatic rings. The van der Waals surface area contributed by atoms with E-state index in [4.69, 9.17) is 4.55 Å². The van der Waals surface area contributed by atoms with E-state index in [0.29, 0.717) is 48.2 Å². The van der Waals surface area contributed by atoms with Crippen molar-refractivity contribution in [1.82, 2.24) is 5.32 Å². The Kier molecular flexibility index (Phi) is 10.5. The molecule has 4 aliphatic rings. The number of rotatable bonds is 12. The minimum atomic E-state index is -3.93. The van der Waals surface area contributed by atoms with Crippen molar-refractivity contribution in [3.8, 4) is 0 Å². The third-order valence-electron chi connectivity index (χ3n) is 12.8. The van der Waals surface area contributed by atoms with Crippen LogP contribution in [0.3, 0.4) is 0 Å². The van der Waals surface area contributed by atoms with Crippen LogP contribution in [0.25, 0.3) is 0 Å². The van der Waals surface area contributed by atoms with E-state index in [-0.39, 0.29) is 52.5 Å². The standard InChI is InChI=1S/C32H58N2O7S/c1-21(8-11-29(38)33-14-6-15-34(4,5)16-7-17-42(39,40)41)24-9-10-25-30-26(20-28(37)32(24,25)3)31(2)13-12-23(35)18-22(31)19-27(30)36/h21-28,30,35-37H,6-20H2,1-5H3,(H-,33,38,39,40,41)/p+1/t21?,22-,23+,24?,25?,26?,27?,28-,30?,31?,32?/m0/s1. The van der Waals surface area contributed by atoms with Gasteiger partial charge in [-0.2, -0.15) is 8.42 Å². The summed E-state index contributed by atoms with van der Waals surface area (Å²) in [5.41, 5.74) is -0.185. The van der Waals surface area contributed by atoms with E-state index in [1.807, 2.05) is 14.1 Å². The van der Waals surface area contributed by atoms with Crippen molar-refractivity contribution >= 4 is 16.0 Å². The summed E-state index contributed by atoms with van der Waals surface area (Å²) >= 11 is 0. The van der Waals surface area contributed by atoms with E-state index in [9.17, 15) is 28.5 Å². The maximum absolute atomic E-state index is 12.7. The molecule has 0 saturated heterocycles. The molecule has 42 heavy (non-hydrogen) atoms. The minimum absolute atomic E-state index is 0.0450. The molecule has 0 aromatic carbocycles. The average molecular weight is 616 g/mol. The zero-order chi connectivity index (χ0) is 31.1. The van der Waals surface area contributed by atoms with Crippen LogP contribution in [0, 0.1) is 46.3 Å². The van der Waals surface area contributed by atoms with E-state index < -0.39 is 16.2 Å². The first-order chi connectivity index (χ1) is 19.5. The van der Waals surface area contributed by atoms with Gasteiger partial charge in [0.15, 0.2) is 0 Å². The molecule has 4 rings (SSSR count). The topological polar surface area (TPSA) is 144 Å². The summed E-state index contributed by atoms with van der Waals surface area (Å²) < 4.78 is 31.5. The van der Waals surface area contributed by atoms with Crippen LogP contribution in [-0.2, 0) is 14.9 Å². The molecule has 1 amide bonds. The van der Waals surface area contributed by atoms with Gasteiger partial charge in [0.1, 0.15) is 0 Å². The molecule has 0 aliphatic heterocycles. The molecule has 10 heteroatoms. The maximum atomic E-state index is 12.7. The van der Waals surface area contributed by atoms with Gasteiger partial charge in [-0.1, -0.05) is 20.8 Å². The summed E-state index contributed by atoms with van der Waals surface area (Å²) in [6.45, 7) is 8.87. The summed E-state index contributed by atoms with van der Waals surface area (Å²) in [6.07, 6.45) is 7.47. The van der Waals surface area contributed by atoms with Gasteiger partial charge in [0.2, 0.25) is 5.91 Å². The van der Waals surface area contributed by atoms with Crippen LogP contribution < -0.4 is 5.32 Å². The van der Waals surface area contributed by atoms with Crippen LogP contribution in [-0.4, -0.2) is 96.5 Å². The van der Waals surface area contributed by atoms with Gasteiger partial charge >= 0.3 is 0 Å². The highest BCUT2D eigenvalue weighted by molar-refractivity contribution is 7.85. The molecule has 9 nitrogen and oxygen atoms in total. The monoisotopic (exact) mass is 615 g/mol. The molecule has 11 atom stereocenters. The maximum Gasteiger partial charge on any atom is 0.265 e. The second kappa shape index (κ2) is 12.9. The summed E-state index contributed by atoms with van der Waals surface area (Å²) in [6, 6.07) is 0. The fourth-order valence-electron chi connectivity index (χ4n) is 10.3. The van der Waals surface area contributed by atoms with Crippen molar-refractivity contribution < 1.29 is 37.6 Å². The number of hydrogen-bond donors (Lipinski definition) is 5. The molecular weight excluding hydrogens is 556 g/mol. The van der Waals surface area contributed by atoms with Gasteiger partial charge in [0.25, 0.3) is 10.1 Å². The molecule has 5 N–H and O–H groups in total. The lowest BCUT2D eigenvalue weighted by Gasteiger charge is -2.63. The van der Waals surface area contributed by atoms with Gasteiger partial charge in [0.05, 0.1) is 51.2 Å². The largest absolute Gasteiger partial charge is 0.393 e. The smallest absolute Gasteiger partial charge is 0.265 e. The van der Waals surface area contributed by atoms with Crippen LogP contribution in [0.15, 0.2) is 0 Å². The first-order valence-electron chi connectivity index (χ1n) is 16.6. The Morgan fingerprint density at radius 2 is 1.69 bits per heavy atom. The number of nitrogens with one attached hydrogen (secondary N) is 1. The SMILES string of the molecule is CC(CCC(=O)NCCC[N+](C)(C)CCCS(=O)(=O)O)C1CCC2C3C(O)C[C@@H]4C[C@H](O)CCC4(C)C3C[C@H](O)C12C. The Morgan fingerprint density at radius 3 is 2.38 bits per heavy atom. The number of aliphatic hydroxyl groups is 3. The van der Waals surface area contributed by atoms with Crippen molar-refractivity contribution in [1.29, 1.82) is 0 Å². The number of aliphatic hydroxyl groups excluding tert-OH is 3. The fourth-order valence-corrected chi connectivity index (χ4v) is 10.8. The molecule has 0 heterocycles. The van der Waals surface area contributed by atoms with Crippen LogP contribution in [0.1, 0.15) is 91.4 Å². The summed E-state index contributed by atoms with van der Waals surface area (Å²) in [5, 5.41) is 36.6. The predicted octanol–water partition coefficient (Wildman–Crippen LogP) is 3.22. The van der Waals surface area contributed by atoms with Crippen molar-refractivity contribution in [2.24, 2.45) is 46.3 Å². The second-order valence-electron chi connectivity index (χ2n) is 15.8. The third-order valence-corrected chi connectivity index (χ3v) is 13.6. The predicted molar refractivity (Wildman–Crippen MR) is 163 cm³/mol. The molecule has 4 saturated carbocycles. The Morgan fingerprint density at radius 1 is 1.00 bits per heavy atom. The third kappa shape index (κ3) is 7.20. The highest BCUT2D eigenvalue weighted by Crippen LogP contribution is 2.68. The van der Waals surface area contributed by atoms with Gasteiger partial charge in [-0.05, 0) is 97.7 Å². The first-order valence-corrected chi connectivity index (χ1v) is 18.2. The van der Waals surface area contributed by atoms with Gasteiger partial charge in [0, 0.05) is 25.8 Å². The summed E-state index contributed by atoms with van der Waals surface area (Å²) in [7, 11) is 0.114. The number of amides is 1. The number of carbonyl (C=O) groups excluding carboxylic acids is 1. The van der Waals surface area contributed by atoms with Crippen molar-refractivity contribution in [3.63, 3.8) is 0 Å². The molecule has 244 valence electrons. The highest BCUT2D eigenvalue weighted by Gasteiger charge is 2.65. The zero-order valence-corrected chi connectivity index (χ0v) is 27.5. The van der Waals surface area contributed by atoms with Crippen LogP contribution in [0.4, 0.5) is 0 Å². The van der Waals surface area contributed by atoms with E-state index in [0.717, 1.165) is 64.3 Å². The highest BCUT2D eigenvalue weighted by atomic mass is 32.2. The van der Waals surface area contributed by atoms with Crippen molar-refractivity contribution in [3.05, 3.63) is 0 Å². The van der Waals surface area contributed by atoms with Gasteiger partial charge in [-0.15, -0.1) is 0 Å². The quantitative estimate of drug-likeness (QED) is 0.129. The van der Waals surface area contributed by atoms with Crippen molar-refractivity contribution in [2.45, 2.75) is 110 Å². The molecule has 0 radical (unpaired) electrons. The molecule has 4 fully saturated rings. The molecule has 0 spiro atoms. The van der Waals surface area contributed by atoms with E-state index in [1.54, 1.807) is 0 Å². The molecule has 0 aromatic heterocycles. The van der Waals surface area contributed by atoms with Gasteiger partial charge < -0.3 is 25.1 Å². The zero-order valence-electron chi connectivity index (χ0n) is 26.7. The Balaban J connectivity index is 1.27. The normalized spacial score (nSPS) is 41.0. The van der Waals surface area contributed by atoms with Crippen LogP contribution in [0.2, 0.25) is 0 Å². The number of hydrogen-bond acceptors (Lipinski definition) is 6. The number of quaternary nitrogens is 1. The van der Waals surface area contributed by atoms with Gasteiger partial charge in [-0.25, -0.2) is 0 Å². The average Bonchev–Trinajstić information content (AvgIpc) is 3.24. The summed E-state index contributed by atoms with van der Waals surface area (Å²) in [4.78, 5) is 12.7. The number of carbonyl (C=O) groups is 1. The second-order valence-corrected chi connectivity index (χ2v) is 17.3. The Hall–Kier alpha value is -0.780.